The van der Waals surface area contributed by atoms with Gasteiger partial charge in [0, 0.05) is 11.4 Å². The van der Waals surface area contributed by atoms with E-state index < -0.39 is 12.3 Å². The molecule has 0 heterocycles. The number of hydrogen-bond acceptors (Lipinski definition) is 4. The number of halogens is 2. The van der Waals surface area contributed by atoms with E-state index >= 15 is 0 Å². The van der Waals surface area contributed by atoms with E-state index in [4.69, 9.17) is 37.4 Å². The lowest BCUT2D eigenvalue weighted by Gasteiger charge is -2.17. The van der Waals surface area contributed by atoms with Crippen LogP contribution in [0.3, 0.4) is 0 Å². The smallest absolute Gasteiger partial charge is 0.346 e. The highest BCUT2D eigenvalue weighted by Gasteiger charge is 2.14. The van der Waals surface area contributed by atoms with Gasteiger partial charge in [-0.25, -0.2) is 4.79 Å². The Kier molecular flexibility index (Phi) is 8.50. The predicted molar refractivity (Wildman–Crippen MR) is 83.0 cm³/mol. The second-order valence-electron chi connectivity index (χ2n) is 4.42. The Morgan fingerprint density at radius 3 is 2.67 bits per heavy atom. The van der Waals surface area contributed by atoms with Crippen LogP contribution < -0.4 is 4.74 Å². The average Bonchev–Trinajstić information content (AvgIpc) is 2.45. The normalized spacial score (nSPS) is 12.0. The van der Waals surface area contributed by atoms with Crippen LogP contribution >= 0.6 is 23.2 Å². The van der Waals surface area contributed by atoms with Crippen LogP contribution in [0, 0.1) is 0 Å². The zero-order valence-corrected chi connectivity index (χ0v) is 13.7. The van der Waals surface area contributed by atoms with Gasteiger partial charge in [0.2, 0.25) is 6.29 Å². The Labute approximate surface area is 135 Å². The Hall–Kier alpha value is -0.970. The van der Waals surface area contributed by atoms with E-state index in [0.29, 0.717) is 28.8 Å². The molecule has 0 aromatic heterocycles. The zero-order valence-electron chi connectivity index (χ0n) is 12.2. The van der Waals surface area contributed by atoms with Crippen molar-refractivity contribution in [3.63, 3.8) is 0 Å². The van der Waals surface area contributed by atoms with Gasteiger partial charge in [-0.3, -0.25) is 0 Å². The molecule has 6 heteroatoms. The summed E-state index contributed by atoms with van der Waals surface area (Å²) >= 11 is 11.7. The first kappa shape index (κ1) is 18.1. The summed E-state index contributed by atoms with van der Waals surface area (Å²) in [4.78, 5) is 11.7. The summed E-state index contributed by atoms with van der Waals surface area (Å²) in [5.74, 6) is -0.109. The maximum absolute atomic E-state index is 11.7. The Morgan fingerprint density at radius 2 is 2.05 bits per heavy atom. The number of hydrogen-bond donors (Lipinski definition) is 0. The third kappa shape index (κ3) is 7.02. The highest BCUT2D eigenvalue weighted by Crippen LogP contribution is 2.27. The third-order valence-corrected chi connectivity index (χ3v) is 3.17. The molecule has 0 saturated carbocycles. The van der Waals surface area contributed by atoms with Gasteiger partial charge in [-0.2, -0.15) is 0 Å². The van der Waals surface area contributed by atoms with E-state index in [2.05, 4.69) is 6.92 Å². The molecule has 1 rings (SSSR count). The molecular weight excluding hydrogens is 315 g/mol. The number of esters is 1. The van der Waals surface area contributed by atoms with Crippen molar-refractivity contribution in [2.75, 3.05) is 13.2 Å². The van der Waals surface area contributed by atoms with Gasteiger partial charge in [0.15, 0.2) is 6.61 Å². The van der Waals surface area contributed by atoms with Crippen molar-refractivity contribution in [3.05, 3.63) is 28.2 Å². The van der Waals surface area contributed by atoms with Gasteiger partial charge in [-0.1, -0.05) is 43.5 Å². The fourth-order valence-electron chi connectivity index (χ4n) is 1.50. The standard InChI is InChI=1S/C15H20Cl2O4/c1-3-5-8-19-15(4-2)21-14(18)10-20-13-7-6-11(16)9-12(13)17/h6-7,9,15H,3-5,8,10H2,1-2H3/t15-/m1/s1. The molecule has 118 valence electrons. The Bertz CT molecular complexity index is 451. The third-order valence-electron chi connectivity index (χ3n) is 2.64. The van der Waals surface area contributed by atoms with Crippen molar-refractivity contribution in [3.8, 4) is 5.75 Å². The number of carbonyl (C=O) groups is 1. The van der Waals surface area contributed by atoms with Gasteiger partial charge in [-0.05, 0) is 24.6 Å². The molecule has 0 aliphatic carbocycles. The van der Waals surface area contributed by atoms with E-state index in [0.717, 1.165) is 12.8 Å². The van der Waals surface area contributed by atoms with E-state index in [1.54, 1.807) is 18.2 Å². The fourth-order valence-corrected chi connectivity index (χ4v) is 1.97. The minimum atomic E-state index is -0.534. The molecule has 0 radical (unpaired) electrons. The minimum absolute atomic E-state index is 0.227. The molecule has 0 aliphatic heterocycles. The largest absolute Gasteiger partial charge is 0.480 e. The molecule has 0 fully saturated rings. The van der Waals surface area contributed by atoms with Crippen molar-refractivity contribution in [2.24, 2.45) is 0 Å². The van der Waals surface area contributed by atoms with Gasteiger partial charge in [0.1, 0.15) is 5.75 Å². The second-order valence-corrected chi connectivity index (χ2v) is 5.26. The van der Waals surface area contributed by atoms with E-state index in [9.17, 15) is 4.79 Å². The summed E-state index contributed by atoms with van der Waals surface area (Å²) in [6.45, 7) is 4.31. The predicted octanol–water partition coefficient (Wildman–Crippen LogP) is 4.47. The maximum Gasteiger partial charge on any atom is 0.346 e. The molecule has 0 saturated heterocycles. The first-order valence-corrected chi connectivity index (χ1v) is 7.71. The lowest BCUT2D eigenvalue weighted by Crippen LogP contribution is -2.25. The molecule has 0 unspecified atom stereocenters. The fraction of sp³-hybridized carbons (Fsp3) is 0.533. The molecule has 1 aromatic rings. The first-order chi connectivity index (χ1) is 10.1. The lowest BCUT2D eigenvalue weighted by atomic mass is 10.3. The van der Waals surface area contributed by atoms with Crippen molar-refractivity contribution in [1.82, 2.24) is 0 Å². The average molecular weight is 335 g/mol. The molecule has 21 heavy (non-hydrogen) atoms. The summed E-state index contributed by atoms with van der Waals surface area (Å²) in [6, 6.07) is 4.79. The summed E-state index contributed by atoms with van der Waals surface area (Å²) in [5.41, 5.74) is 0. The Morgan fingerprint density at radius 1 is 1.29 bits per heavy atom. The second kappa shape index (κ2) is 9.87. The van der Waals surface area contributed by atoms with Crippen molar-refractivity contribution < 1.29 is 19.0 Å². The zero-order chi connectivity index (χ0) is 15.7. The number of carbonyl (C=O) groups excluding carboxylic acids is 1. The van der Waals surface area contributed by atoms with E-state index in [-0.39, 0.29) is 6.61 Å². The Balaban J connectivity index is 2.38. The molecule has 1 atom stereocenters. The van der Waals surface area contributed by atoms with Crippen molar-refractivity contribution in [1.29, 1.82) is 0 Å². The SMILES string of the molecule is CCCCO[C@@H](CC)OC(=O)COc1ccc(Cl)cc1Cl. The monoisotopic (exact) mass is 334 g/mol. The molecule has 0 aliphatic rings. The highest BCUT2D eigenvalue weighted by atomic mass is 35.5. The number of unbranched alkanes of at least 4 members (excludes halogenated alkanes) is 1. The molecule has 1 aromatic carbocycles. The molecule has 4 nitrogen and oxygen atoms in total. The van der Waals surface area contributed by atoms with Gasteiger partial charge >= 0.3 is 5.97 Å². The molecule has 0 bridgehead atoms. The van der Waals surface area contributed by atoms with Crippen molar-refractivity contribution in [2.45, 2.75) is 39.4 Å². The minimum Gasteiger partial charge on any atom is -0.480 e. The highest BCUT2D eigenvalue weighted by molar-refractivity contribution is 6.35. The van der Waals surface area contributed by atoms with Crippen LogP contribution in [0.4, 0.5) is 0 Å². The van der Waals surface area contributed by atoms with Crippen LogP contribution in [0.1, 0.15) is 33.1 Å². The molecule has 0 spiro atoms. The quantitative estimate of drug-likeness (QED) is 0.379. The van der Waals surface area contributed by atoms with Gasteiger partial charge < -0.3 is 14.2 Å². The van der Waals surface area contributed by atoms with Gasteiger partial charge in [0.25, 0.3) is 0 Å². The summed E-state index contributed by atoms with van der Waals surface area (Å²) < 4.78 is 15.9. The first-order valence-electron chi connectivity index (χ1n) is 6.95. The van der Waals surface area contributed by atoms with Crippen LogP contribution in [-0.4, -0.2) is 25.5 Å². The summed E-state index contributed by atoms with van der Waals surface area (Å²) in [7, 11) is 0. The van der Waals surface area contributed by atoms with Crippen LogP contribution in [0.25, 0.3) is 0 Å². The number of benzene rings is 1. The summed E-state index contributed by atoms with van der Waals surface area (Å²) in [5, 5.41) is 0.854. The van der Waals surface area contributed by atoms with Crippen LogP contribution in [0.2, 0.25) is 10.0 Å². The topological polar surface area (TPSA) is 44.8 Å². The van der Waals surface area contributed by atoms with Crippen molar-refractivity contribution >= 4 is 29.2 Å². The molecular formula is C15H20Cl2O4. The van der Waals surface area contributed by atoms with Crippen LogP contribution in [0.15, 0.2) is 18.2 Å². The number of ether oxygens (including phenoxy) is 3. The number of rotatable bonds is 9. The summed E-state index contributed by atoms with van der Waals surface area (Å²) in [6.07, 6.45) is 2.03. The van der Waals surface area contributed by atoms with E-state index in [1.807, 2.05) is 6.92 Å². The van der Waals surface area contributed by atoms with Crippen LogP contribution in [-0.2, 0) is 14.3 Å². The van der Waals surface area contributed by atoms with Gasteiger partial charge in [-0.15, -0.1) is 0 Å². The van der Waals surface area contributed by atoms with Crippen LogP contribution in [0.5, 0.6) is 5.75 Å². The van der Waals surface area contributed by atoms with E-state index in [1.165, 1.54) is 0 Å². The van der Waals surface area contributed by atoms with Gasteiger partial charge in [0.05, 0.1) is 11.6 Å². The maximum atomic E-state index is 11.7. The molecule has 0 amide bonds. The lowest BCUT2D eigenvalue weighted by molar-refractivity contribution is -0.181. The molecule has 0 N–H and O–H groups in total.